The van der Waals surface area contributed by atoms with E-state index in [1.165, 1.54) is 11.1 Å². The SMILES string of the molecule is Cc1ccc(-n2c(C)c(C)c3c2ncn2nc(-c4ccccc4O)nc32)cc1C. The summed E-state index contributed by atoms with van der Waals surface area (Å²) in [6.07, 6.45) is 1.69. The van der Waals surface area contributed by atoms with Crippen LogP contribution < -0.4 is 0 Å². The summed E-state index contributed by atoms with van der Waals surface area (Å²) < 4.78 is 3.85. The first-order valence-electron chi connectivity index (χ1n) is 9.54. The summed E-state index contributed by atoms with van der Waals surface area (Å²) in [6.45, 7) is 8.42. The number of nitrogens with zero attached hydrogens (tertiary/aromatic N) is 5. The third kappa shape index (κ3) is 2.52. The lowest BCUT2D eigenvalue weighted by atomic mass is 10.1. The van der Waals surface area contributed by atoms with E-state index in [2.05, 4.69) is 55.6 Å². The molecular formula is C23H21N5O. The second kappa shape index (κ2) is 6.17. The molecule has 0 saturated heterocycles. The molecule has 0 unspecified atom stereocenters. The summed E-state index contributed by atoms with van der Waals surface area (Å²) >= 11 is 0. The molecule has 144 valence electrons. The van der Waals surface area contributed by atoms with E-state index in [0.29, 0.717) is 11.4 Å². The molecule has 0 atom stereocenters. The van der Waals surface area contributed by atoms with Crippen molar-refractivity contribution in [2.75, 3.05) is 0 Å². The fraction of sp³-hybridized carbons (Fsp3) is 0.174. The number of para-hydroxylation sites is 1. The van der Waals surface area contributed by atoms with Gasteiger partial charge in [-0.05, 0) is 68.7 Å². The monoisotopic (exact) mass is 383 g/mol. The van der Waals surface area contributed by atoms with Gasteiger partial charge in [-0.25, -0.2) is 14.5 Å². The van der Waals surface area contributed by atoms with Crippen molar-refractivity contribution in [1.82, 2.24) is 24.1 Å². The van der Waals surface area contributed by atoms with Gasteiger partial charge in [0.05, 0.1) is 10.9 Å². The lowest BCUT2D eigenvalue weighted by molar-refractivity contribution is 0.477. The number of hydrogen-bond acceptors (Lipinski definition) is 4. The largest absolute Gasteiger partial charge is 0.507 e. The van der Waals surface area contributed by atoms with E-state index in [4.69, 9.17) is 9.97 Å². The second-order valence-corrected chi connectivity index (χ2v) is 7.48. The van der Waals surface area contributed by atoms with Crippen LogP contribution in [0.15, 0.2) is 48.8 Å². The van der Waals surface area contributed by atoms with Crippen LogP contribution in [0.2, 0.25) is 0 Å². The molecule has 3 heterocycles. The van der Waals surface area contributed by atoms with Crippen molar-refractivity contribution in [3.63, 3.8) is 0 Å². The van der Waals surface area contributed by atoms with Gasteiger partial charge >= 0.3 is 0 Å². The van der Waals surface area contributed by atoms with Crippen molar-refractivity contribution in [2.45, 2.75) is 27.7 Å². The molecular weight excluding hydrogens is 362 g/mol. The maximum atomic E-state index is 10.2. The zero-order valence-electron chi connectivity index (χ0n) is 16.8. The fourth-order valence-corrected chi connectivity index (χ4v) is 3.82. The molecule has 6 heteroatoms. The zero-order chi connectivity index (χ0) is 20.3. The molecule has 5 aromatic rings. The Bertz CT molecular complexity index is 1410. The van der Waals surface area contributed by atoms with Crippen molar-refractivity contribution in [3.05, 3.63) is 71.2 Å². The third-order valence-electron chi connectivity index (χ3n) is 5.73. The number of phenolic OH excluding ortho intramolecular Hbond substituents is 1. The van der Waals surface area contributed by atoms with Crippen LogP contribution >= 0.6 is 0 Å². The molecule has 0 bridgehead atoms. The Morgan fingerprint density at radius 1 is 0.897 bits per heavy atom. The second-order valence-electron chi connectivity index (χ2n) is 7.48. The molecule has 0 radical (unpaired) electrons. The molecule has 3 aromatic heterocycles. The Balaban J connectivity index is 1.80. The van der Waals surface area contributed by atoms with Gasteiger partial charge in [0, 0.05) is 11.4 Å². The van der Waals surface area contributed by atoms with Gasteiger partial charge in [0.25, 0.3) is 0 Å². The first-order chi connectivity index (χ1) is 14.0. The van der Waals surface area contributed by atoms with E-state index in [1.807, 2.05) is 12.1 Å². The van der Waals surface area contributed by atoms with Crippen LogP contribution in [-0.2, 0) is 0 Å². The fourth-order valence-electron chi connectivity index (χ4n) is 3.82. The van der Waals surface area contributed by atoms with Gasteiger partial charge in [0.2, 0.25) is 0 Å². The number of aryl methyl sites for hydroxylation is 3. The topological polar surface area (TPSA) is 68.2 Å². The van der Waals surface area contributed by atoms with Gasteiger partial charge in [-0.3, -0.25) is 4.57 Å². The first-order valence-corrected chi connectivity index (χ1v) is 9.54. The maximum absolute atomic E-state index is 10.2. The minimum absolute atomic E-state index is 0.160. The highest BCUT2D eigenvalue weighted by atomic mass is 16.3. The van der Waals surface area contributed by atoms with Crippen molar-refractivity contribution in [3.8, 4) is 22.8 Å². The van der Waals surface area contributed by atoms with Gasteiger partial charge < -0.3 is 5.11 Å². The van der Waals surface area contributed by atoms with E-state index in [1.54, 1.807) is 23.0 Å². The van der Waals surface area contributed by atoms with Gasteiger partial charge in [0.15, 0.2) is 17.1 Å². The predicted octanol–water partition coefficient (Wildman–Crippen LogP) is 4.67. The maximum Gasteiger partial charge on any atom is 0.185 e. The minimum atomic E-state index is 0.160. The molecule has 0 spiro atoms. The Hall–Kier alpha value is -3.67. The van der Waals surface area contributed by atoms with E-state index >= 15 is 0 Å². The van der Waals surface area contributed by atoms with Crippen LogP contribution in [-0.4, -0.2) is 29.3 Å². The van der Waals surface area contributed by atoms with Crippen LogP contribution in [0.1, 0.15) is 22.4 Å². The number of aromatic hydroxyl groups is 1. The van der Waals surface area contributed by atoms with Gasteiger partial charge in [-0.2, -0.15) is 0 Å². The summed E-state index contributed by atoms with van der Waals surface area (Å²) in [7, 11) is 0. The minimum Gasteiger partial charge on any atom is -0.507 e. The molecule has 0 aliphatic rings. The van der Waals surface area contributed by atoms with Crippen molar-refractivity contribution < 1.29 is 5.11 Å². The molecule has 2 aromatic carbocycles. The van der Waals surface area contributed by atoms with Gasteiger partial charge in [-0.15, -0.1) is 5.10 Å². The molecule has 0 amide bonds. The molecule has 0 saturated carbocycles. The Morgan fingerprint density at radius 3 is 2.45 bits per heavy atom. The van der Waals surface area contributed by atoms with E-state index in [9.17, 15) is 5.11 Å². The third-order valence-corrected chi connectivity index (χ3v) is 5.73. The number of fused-ring (bicyclic) bond motifs is 3. The normalized spacial score (nSPS) is 11.6. The summed E-state index contributed by atoms with van der Waals surface area (Å²) in [6, 6.07) is 13.5. The van der Waals surface area contributed by atoms with Crippen molar-refractivity contribution in [1.29, 1.82) is 0 Å². The lowest BCUT2D eigenvalue weighted by Crippen LogP contribution is -2.00. The Kier molecular flexibility index (Phi) is 3.71. The van der Waals surface area contributed by atoms with Gasteiger partial charge in [0.1, 0.15) is 12.1 Å². The van der Waals surface area contributed by atoms with Crippen LogP contribution in [0.5, 0.6) is 5.75 Å². The number of hydrogen-bond donors (Lipinski definition) is 1. The summed E-state index contributed by atoms with van der Waals surface area (Å²) in [4.78, 5) is 9.46. The summed E-state index contributed by atoms with van der Waals surface area (Å²) in [5.41, 5.74) is 8.02. The van der Waals surface area contributed by atoms with Gasteiger partial charge in [-0.1, -0.05) is 18.2 Å². The van der Waals surface area contributed by atoms with E-state index in [0.717, 1.165) is 33.6 Å². The summed E-state index contributed by atoms with van der Waals surface area (Å²) in [5, 5.41) is 15.7. The molecule has 29 heavy (non-hydrogen) atoms. The molecule has 6 nitrogen and oxygen atoms in total. The molecule has 0 aliphatic carbocycles. The molecule has 1 N–H and O–H groups in total. The van der Waals surface area contributed by atoms with Crippen LogP contribution in [0.4, 0.5) is 0 Å². The number of rotatable bonds is 2. The first kappa shape index (κ1) is 17.4. The lowest BCUT2D eigenvalue weighted by Gasteiger charge is -2.10. The number of aromatic nitrogens is 5. The highest BCUT2D eigenvalue weighted by molar-refractivity contribution is 5.95. The zero-order valence-corrected chi connectivity index (χ0v) is 16.8. The number of phenols is 1. The van der Waals surface area contributed by atoms with E-state index < -0.39 is 0 Å². The average molecular weight is 383 g/mol. The standard InChI is InChI=1S/C23H21N5O/c1-13-9-10-17(11-14(13)2)28-16(4)15(3)20-22(28)24-12-27-23(20)25-21(26-27)18-7-5-6-8-19(18)29/h5-12,29H,1-4H3. The quantitative estimate of drug-likeness (QED) is 0.481. The number of benzene rings is 2. The molecule has 0 fully saturated rings. The highest BCUT2D eigenvalue weighted by Gasteiger charge is 2.20. The van der Waals surface area contributed by atoms with Crippen LogP contribution in [0.3, 0.4) is 0 Å². The smallest absolute Gasteiger partial charge is 0.185 e. The average Bonchev–Trinajstić information content (AvgIpc) is 3.24. The van der Waals surface area contributed by atoms with Crippen LogP contribution in [0.25, 0.3) is 33.8 Å². The van der Waals surface area contributed by atoms with E-state index in [-0.39, 0.29) is 5.75 Å². The van der Waals surface area contributed by atoms with Crippen molar-refractivity contribution >= 4 is 16.7 Å². The Morgan fingerprint density at radius 2 is 1.69 bits per heavy atom. The highest BCUT2D eigenvalue weighted by Crippen LogP contribution is 2.32. The molecule has 0 aliphatic heterocycles. The van der Waals surface area contributed by atoms with Crippen molar-refractivity contribution in [2.24, 2.45) is 0 Å². The Labute approximate surface area is 168 Å². The predicted molar refractivity (Wildman–Crippen MR) is 114 cm³/mol. The summed E-state index contributed by atoms with van der Waals surface area (Å²) in [5.74, 6) is 0.640. The van der Waals surface area contributed by atoms with Crippen LogP contribution in [0, 0.1) is 27.7 Å². The molecule has 5 rings (SSSR count).